The van der Waals surface area contributed by atoms with Crippen molar-refractivity contribution in [2.75, 3.05) is 18.4 Å². The summed E-state index contributed by atoms with van der Waals surface area (Å²) in [6.45, 7) is 6.56. The Labute approximate surface area is 112 Å². The lowest BCUT2D eigenvalue weighted by molar-refractivity contribution is -0.137. The number of aromatic nitrogens is 1. The number of carboxylic acid groups (broad SMARTS) is 1. The number of hydrogen-bond acceptors (Lipinski definition) is 4. The summed E-state index contributed by atoms with van der Waals surface area (Å²) in [6.07, 6.45) is 1.49. The number of carboxylic acids is 1. The minimum absolute atomic E-state index is 0.156. The van der Waals surface area contributed by atoms with Gasteiger partial charge in [0, 0.05) is 25.0 Å². The molecule has 6 heteroatoms. The number of aliphatic carboxylic acids is 1. The molecule has 0 aromatic carbocycles. The first-order chi connectivity index (χ1) is 8.99. The van der Waals surface area contributed by atoms with Gasteiger partial charge in [0.15, 0.2) is 0 Å². The normalized spacial score (nSPS) is 11.7. The molecule has 0 aliphatic rings. The Hall–Kier alpha value is -2.11. The van der Waals surface area contributed by atoms with E-state index >= 15 is 0 Å². The molecule has 0 saturated heterocycles. The van der Waals surface area contributed by atoms with Crippen LogP contribution >= 0.6 is 0 Å². The second kappa shape index (κ2) is 6.72. The summed E-state index contributed by atoms with van der Waals surface area (Å²) in [5.74, 6) is -1.11. The maximum Gasteiger partial charge on any atom is 0.325 e. The number of nitrogens with one attached hydrogen (secondary N) is 1. The van der Waals surface area contributed by atoms with Crippen molar-refractivity contribution in [3.05, 3.63) is 24.0 Å². The quantitative estimate of drug-likeness (QED) is 0.813. The molecular weight excluding hydrogens is 246 g/mol. The highest BCUT2D eigenvalue weighted by Crippen LogP contribution is 2.11. The molecule has 1 atom stereocenters. The number of nitrogens with zero attached hydrogens (tertiary/aromatic N) is 2. The zero-order valence-corrected chi connectivity index (χ0v) is 11.4. The van der Waals surface area contributed by atoms with Crippen LogP contribution in [0, 0.1) is 0 Å². The predicted octanol–water partition coefficient (Wildman–Crippen LogP) is 1.45. The van der Waals surface area contributed by atoms with Crippen molar-refractivity contribution in [1.82, 2.24) is 9.88 Å². The van der Waals surface area contributed by atoms with Gasteiger partial charge in [0.2, 0.25) is 0 Å². The zero-order valence-electron chi connectivity index (χ0n) is 11.4. The number of hydrogen-bond donors (Lipinski definition) is 2. The zero-order chi connectivity index (χ0) is 14.4. The molecule has 0 fully saturated rings. The van der Waals surface area contributed by atoms with Crippen molar-refractivity contribution < 1.29 is 14.7 Å². The fraction of sp³-hybridized carbons (Fsp3) is 0.462. The van der Waals surface area contributed by atoms with Gasteiger partial charge in [-0.2, -0.15) is 0 Å². The summed E-state index contributed by atoms with van der Waals surface area (Å²) in [6, 6.07) is 2.48. The van der Waals surface area contributed by atoms with E-state index in [0.717, 1.165) is 0 Å². The molecule has 19 heavy (non-hydrogen) atoms. The van der Waals surface area contributed by atoms with Crippen LogP contribution in [0.5, 0.6) is 0 Å². The van der Waals surface area contributed by atoms with Crippen molar-refractivity contribution >= 4 is 17.6 Å². The van der Waals surface area contributed by atoms with E-state index in [2.05, 4.69) is 10.3 Å². The van der Waals surface area contributed by atoms with Crippen LogP contribution in [0.25, 0.3) is 0 Å². The van der Waals surface area contributed by atoms with Crippen LogP contribution in [-0.4, -0.2) is 46.0 Å². The summed E-state index contributed by atoms with van der Waals surface area (Å²) in [5, 5.41) is 11.6. The lowest BCUT2D eigenvalue weighted by Crippen LogP contribution is -2.31. The summed E-state index contributed by atoms with van der Waals surface area (Å²) in [7, 11) is 0. The van der Waals surface area contributed by atoms with Gasteiger partial charge in [0.05, 0.1) is 0 Å². The van der Waals surface area contributed by atoms with Crippen molar-refractivity contribution in [3.8, 4) is 0 Å². The molecule has 0 spiro atoms. The van der Waals surface area contributed by atoms with Crippen LogP contribution in [0.2, 0.25) is 0 Å². The van der Waals surface area contributed by atoms with Crippen molar-refractivity contribution in [2.24, 2.45) is 0 Å². The molecule has 2 N–H and O–H groups in total. The Morgan fingerprint density at radius 1 is 1.42 bits per heavy atom. The SMILES string of the molecule is CCN(CC)C(=O)c1cc(NC(C)C(=O)O)ccn1. The summed E-state index contributed by atoms with van der Waals surface area (Å²) in [5.41, 5.74) is 0.881. The third kappa shape index (κ3) is 3.94. The lowest BCUT2D eigenvalue weighted by atomic mass is 10.2. The number of pyridine rings is 1. The highest BCUT2D eigenvalue weighted by atomic mass is 16.4. The Balaban J connectivity index is 2.88. The minimum Gasteiger partial charge on any atom is -0.480 e. The molecular formula is C13H19N3O3. The smallest absolute Gasteiger partial charge is 0.325 e. The number of carbonyl (C=O) groups excluding carboxylic acids is 1. The molecule has 0 aliphatic heterocycles. The summed E-state index contributed by atoms with van der Waals surface area (Å²) in [4.78, 5) is 28.6. The minimum atomic E-state index is -0.951. The first-order valence-electron chi connectivity index (χ1n) is 6.24. The van der Waals surface area contributed by atoms with Gasteiger partial charge in [-0.3, -0.25) is 14.6 Å². The molecule has 0 bridgehead atoms. The van der Waals surface area contributed by atoms with E-state index in [1.54, 1.807) is 17.0 Å². The molecule has 1 heterocycles. The third-order valence-electron chi connectivity index (χ3n) is 2.78. The van der Waals surface area contributed by atoms with Gasteiger partial charge in [-0.25, -0.2) is 0 Å². The topological polar surface area (TPSA) is 82.5 Å². The molecule has 0 aliphatic carbocycles. The molecule has 1 aromatic heterocycles. The Morgan fingerprint density at radius 3 is 2.58 bits per heavy atom. The highest BCUT2D eigenvalue weighted by molar-refractivity contribution is 5.93. The maximum absolute atomic E-state index is 12.1. The Morgan fingerprint density at radius 2 is 2.05 bits per heavy atom. The molecule has 1 unspecified atom stereocenters. The second-order valence-corrected chi connectivity index (χ2v) is 4.11. The average molecular weight is 265 g/mol. The second-order valence-electron chi connectivity index (χ2n) is 4.11. The predicted molar refractivity (Wildman–Crippen MR) is 72.2 cm³/mol. The summed E-state index contributed by atoms with van der Waals surface area (Å²) < 4.78 is 0. The van der Waals surface area contributed by atoms with Gasteiger partial charge >= 0.3 is 5.97 Å². The molecule has 0 saturated carbocycles. The van der Waals surface area contributed by atoms with Gasteiger partial charge in [-0.1, -0.05) is 0 Å². The largest absolute Gasteiger partial charge is 0.480 e. The number of anilines is 1. The van der Waals surface area contributed by atoms with Crippen LogP contribution in [0.15, 0.2) is 18.3 Å². The number of amides is 1. The van der Waals surface area contributed by atoms with Crippen LogP contribution in [0.3, 0.4) is 0 Å². The molecule has 104 valence electrons. The van der Waals surface area contributed by atoms with Crippen LogP contribution in [0.1, 0.15) is 31.3 Å². The van der Waals surface area contributed by atoms with Crippen molar-refractivity contribution in [2.45, 2.75) is 26.8 Å². The fourth-order valence-corrected chi connectivity index (χ4v) is 1.62. The standard InChI is InChI=1S/C13H19N3O3/c1-4-16(5-2)12(17)11-8-10(6-7-14-11)15-9(3)13(18)19/h6-9H,4-5H2,1-3H3,(H,14,15)(H,18,19). The van der Waals surface area contributed by atoms with Crippen LogP contribution in [-0.2, 0) is 4.79 Å². The summed E-state index contributed by atoms with van der Waals surface area (Å²) >= 11 is 0. The van der Waals surface area contributed by atoms with Gasteiger partial charge in [-0.15, -0.1) is 0 Å². The van der Waals surface area contributed by atoms with Gasteiger partial charge in [0.1, 0.15) is 11.7 Å². The van der Waals surface area contributed by atoms with E-state index in [1.165, 1.54) is 13.1 Å². The van der Waals surface area contributed by atoms with E-state index < -0.39 is 12.0 Å². The van der Waals surface area contributed by atoms with Crippen LogP contribution < -0.4 is 5.32 Å². The monoisotopic (exact) mass is 265 g/mol. The third-order valence-corrected chi connectivity index (χ3v) is 2.78. The van der Waals surface area contributed by atoms with Gasteiger partial charge in [0.25, 0.3) is 5.91 Å². The number of carbonyl (C=O) groups is 2. The molecule has 1 rings (SSSR count). The Kier molecular flexibility index (Phi) is 5.29. The van der Waals surface area contributed by atoms with Crippen LogP contribution in [0.4, 0.5) is 5.69 Å². The number of rotatable bonds is 6. The van der Waals surface area contributed by atoms with E-state index in [0.29, 0.717) is 24.5 Å². The van der Waals surface area contributed by atoms with Crippen molar-refractivity contribution in [3.63, 3.8) is 0 Å². The Bertz CT molecular complexity index is 458. The van der Waals surface area contributed by atoms with Gasteiger partial charge < -0.3 is 15.3 Å². The molecule has 1 aromatic rings. The van der Waals surface area contributed by atoms with Crippen molar-refractivity contribution in [1.29, 1.82) is 0 Å². The van der Waals surface area contributed by atoms with E-state index in [9.17, 15) is 9.59 Å². The van der Waals surface area contributed by atoms with Gasteiger partial charge in [-0.05, 0) is 32.9 Å². The molecule has 6 nitrogen and oxygen atoms in total. The molecule has 0 radical (unpaired) electrons. The van der Waals surface area contributed by atoms with E-state index in [-0.39, 0.29) is 5.91 Å². The molecule has 1 amide bonds. The van der Waals surface area contributed by atoms with E-state index in [1.807, 2.05) is 13.8 Å². The first-order valence-corrected chi connectivity index (χ1v) is 6.24. The highest BCUT2D eigenvalue weighted by Gasteiger charge is 2.15. The fourth-order valence-electron chi connectivity index (χ4n) is 1.62. The first kappa shape index (κ1) is 14.9. The van der Waals surface area contributed by atoms with E-state index in [4.69, 9.17) is 5.11 Å². The maximum atomic E-state index is 12.1. The lowest BCUT2D eigenvalue weighted by Gasteiger charge is -2.18. The average Bonchev–Trinajstić information content (AvgIpc) is 2.40.